The van der Waals surface area contributed by atoms with Crippen molar-refractivity contribution in [3.63, 3.8) is 0 Å². The van der Waals surface area contributed by atoms with Gasteiger partial charge in [0.2, 0.25) is 0 Å². The fourth-order valence-electron chi connectivity index (χ4n) is 1.32. The van der Waals surface area contributed by atoms with Crippen molar-refractivity contribution in [2.75, 3.05) is 11.1 Å². The Kier molecular flexibility index (Phi) is 2.70. The molecule has 0 saturated carbocycles. The Labute approximate surface area is 96.8 Å². The van der Waals surface area contributed by atoms with Crippen LogP contribution in [0.15, 0.2) is 24.4 Å². The van der Waals surface area contributed by atoms with Gasteiger partial charge >= 0.3 is 0 Å². The van der Waals surface area contributed by atoms with Crippen molar-refractivity contribution in [1.29, 1.82) is 0 Å². The minimum atomic E-state index is -0.385. The van der Waals surface area contributed by atoms with Crippen LogP contribution in [-0.4, -0.2) is 9.78 Å². The summed E-state index contributed by atoms with van der Waals surface area (Å²) in [7, 11) is 1.76. The van der Waals surface area contributed by atoms with Crippen molar-refractivity contribution >= 4 is 28.8 Å². The lowest BCUT2D eigenvalue weighted by Crippen LogP contribution is -1.96. The Morgan fingerprint density at radius 2 is 2.25 bits per heavy atom. The number of benzene rings is 1. The Morgan fingerprint density at radius 1 is 1.50 bits per heavy atom. The Bertz CT molecular complexity index is 524. The molecule has 2 rings (SSSR count). The van der Waals surface area contributed by atoms with Crippen molar-refractivity contribution in [2.45, 2.75) is 0 Å². The van der Waals surface area contributed by atoms with Crippen LogP contribution in [0.1, 0.15) is 0 Å². The molecule has 2 aromatic rings. The number of hydrogen-bond donors (Lipinski definition) is 2. The van der Waals surface area contributed by atoms with Gasteiger partial charge in [-0.15, -0.1) is 0 Å². The summed E-state index contributed by atoms with van der Waals surface area (Å²) in [5, 5.41) is 7.31. The first kappa shape index (κ1) is 10.8. The summed E-state index contributed by atoms with van der Waals surface area (Å²) in [6, 6.07) is 4.07. The number of nitrogens with two attached hydrogens (primary N) is 1. The van der Waals surface area contributed by atoms with Crippen LogP contribution < -0.4 is 11.1 Å². The normalized spacial score (nSPS) is 10.4. The summed E-state index contributed by atoms with van der Waals surface area (Å²) in [6.45, 7) is 0. The third-order valence-corrected chi connectivity index (χ3v) is 2.35. The molecule has 0 saturated heterocycles. The molecule has 4 nitrogen and oxygen atoms in total. The van der Waals surface area contributed by atoms with E-state index in [1.165, 1.54) is 18.2 Å². The minimum absolute atomic E-state index is 0.282. The second kappa shape index (κ2) is 4.02. The van der Waals surface area contributed by atoms with Crippen LogP contribution in [-0.2, 0) is 7.05 Å². The van der Waals surface area contributed by atoms with E-state index in [-0.39, 0.29) is 10.8 Å². The predicted octanol–water partition coefficient (Wildman–Crippen LogP) is 2.54. The quantitative estimate of drug-likeness (QED) is 0.848. The Hall–Kier alpha value is -1.75. The summed E-state index contributed by atoms with van der Waals surface area (Å²) < 4.78 is 14.4. The Morgan fingerprint density at radius 3 is 2.81 bits per heavy atom. The van der Waals surface area contributed by atoms with Crippen LogP contribution in [0, 0.1) is 5.82 Å². The minimum Gasteiger partial charge on any atom is -0.394 e. The molecule has 0 unspecified atom stereocenters. The number of hydrogen-bond acceptors (Lipinski definition) is 3. The molecule has 0 aliphatic carbocycles. The van der Waals surface area contributed by atoms with E-state index in [4.69, 9.17) is 17.3 Å². The monoisotopic (exact) mass is 240 g/mol. The summed E-state index contributed by atoms with van der Waals surface area (Å²) in [5.41, 5.74) is 6.77. The summed E-state index contributed by atoms with van der Waals surface area (Å²) in [5.74, 6) is 0.112. The third-order valence-electron chi connectivity index (χ3n) is 2.04. The molecular weight excluding hydrogens is 231 g/mol. The molecule has 0 fully saturated rings. The first-order chi connectivity index (χ1) is 7.56. The summed E-state index contributed by atoms with van der Waals surface area (Å²) in [6.07, 6.45) is 1.67. The van der Waals surface area contributed by atoms with E-state index in [2.05, 4.69) is 10.4 Å². The zero-order valence-corrected chi connectivity index (χ0v) is 9.29. The summed E-state index contributed by atoms with van der Waals surface area (Å²) >= 11 is 5.86. The van der Waals surface area contributed by atoms with E-state index in [1.54, 1.807) is 17.9 Å². The lowest BCUT2D eigenvalue weighted by molar-refractivity contribution is 0.628. The molecule has 1 aromatic carbocycles. The van der Waals surface area contributed by atoms with Crippen molar-refractivity contribution < 1.29 is 4.39 Å². The van der Waals surface area contributed by atoms with Crippen molar-refractivity contribution in [3.8, 4) is 0 Å². The molecule has 0 atom stereocenters. The topological polar surface area (TPSA) is 55.9 Å². The van der Waals surface area contributed by atoms with Gasteiger partial charge in [-0.2, -0.15) is 5.10 Å². The highest BCUT2D eigenvalue weighted by atomic mass is 35.5. The first-order valence-corrected chi connectivity index (χ1v) is 4.95. The highest BCUT2D eigenvalue weighted by Gasteiger charge is 2.07. The fraction of sp³-hybridized carbons (Fsp3) is 0.100. The molecule has 16 heavy (non-hydrogen) atoms. The van der Waals surface area contributed by atoms with Gasteiger partial charge in [0, 0.05) is 13.2 Å². The number of halogens is 2. The molecule has 84 valence electrons. The first-order valence-electron chi connectivity index (χ1n) is 4.57. The largest absolute Gasteiger partial charge is 0.394 e. The molecule has 0 aliphatic rings. The van der Waals surface area contributed by atoms with E-state index in [0.717, 1.165) is 0 Å². The van der Waals surface area contributed by atoms with Crippen LogP contribution in [0.3, 0.4) is 0 Å². The predicted molar refractivity (Wildman–Crippen MR) is 62.3 cm³/mol. The molecule has 0 bridgehead atoms. The smallest absolute Gasteiger partial charge is 0.175 e. The molecule has 1 aromatic heterocycles. The molecule has 0 amide bonds. The van der Waals surface area contributed by atoms with Gasteiger partial charge in [-0.3, -0.25) is 4.68 Å². The number of nitrogens with zero attached hydrogens (tertiary/aromatic N) is 2. The fourth-order valence-corrected chi connectivity index (χ4v) is 1.54. The number of rotatable bonds is 2. The highest BCUT2D eigenvalue weighted by molar-refractivity contribution is 6.33. The van der Waals surface area contributed by atoms with Crippen molar-refractivity contribution in [3.05, 3.63) is 35.2 Å². The second-order valence-corrected chi connectivity index (χ2v) is 3.76. The van der Waals surface area contributed by atoms with Gasteiger partial charge in [0.25, 0.3) is 0 Å². The zero-order valence-electron chi connectivity index (χ0n) is 8.54. The SMILES string of the molecule is Cn1cc(N)c(Nc2ccc(F)cc2Cl)n1. The van der Waals surface area contributed by atoms with Gasteiger partial charge in [-0.05, 0) is 18.2 Å². The van der Waals surface area contributed by atoms with Crippen LogP contribution in [0.25, 0.3) is 0 Å². The lowest BCUT2D eigenvalue weighted by Gasteiger charge is -2.05. The molecule has 0 spiro atoms. The average molecular weight is 241 g/mol. The van der Waals surface area contributed by atoms with E-state index in [0.29, 0.717) is 17.2 Å². The molecule has 0 radical (unpaired) electrons. The van der Waals surface area contributed by atoms with Gasteiger partial charge in [0.05, 0.1) is 16.4 Å². The van der Waals surface area contributed by atoms with Gasteiger partial charge in [-0.25, -0.2) is 4.39 Å². The molecule has 0 aliphatic heterocycles. The van der Waals surface area contributed by atoms with E-state index >= 15 is 0 Å². The van der Waals surface area contributed by atoms with Gasteiger partial charge in [0.1, 0.15) is 5.82 Å². The van der Waals surface area contributed by atoms with Crippen LogP contribution in [0.4, 0.5) is 21.6 Å². The maximum absolute atomic E-state index is 12.8. The van der Waals surface area contributed by atoms with Gasteiger partial charge in [-0.1, -0.05) is 11.6 Å². The number of aromatic nitrogens is 2. The van der Waals surface area contributed by atoms with Crippen LogP contribution >= 0.6 is 11.6 Å². The maximum atomic E-state index is 12.8. The van der Waals surface area contributed by atoms with Gasteiger partial charge in [0.15, 0.2) is 5.82 Å². The molecular formula is C10H10ClFN4. The number of aryl methyl sites for hydroxylation is 1. The maximum Gasteiger partial charge on any atom is 0.175 e. The van der Waals surface area contributed by atoms with Crippen LogP contribution in [0.2, 0.25) is 5.02 Å². The second-order valence-electron chi connectivity index (χ2n) is 3.36. The average Bonchev–Trinajstić information content (AvgIpc) is 2.50. The third kappa shape index (κ3) is 2.09. The number of anilines is 3. The van der Waals surface area contributed by atoms with E-state index < -0.39 is 0 Å². The standard InChI is InChI=1S/C10H10ClFN4/c1-16-5-8(13)10(15-16)14-9-3-2-6(12)4-7(9)11/h2-5H,13H2,1H3,(H,14,15). The number of nitrogen functional groups attached to an aromatic ring is 1. The van der Waals surface area contributed by atoms with Crippen molar-refractivity contribution in [2.24, 2.45) is 7.05 Å². The van der Waals surface area contributed by atoms with E-state index in [9.17, 15) is 4.39 Å². The highest BCUT2D eigenvalue weighted by Crippen LogP contribution is 2.27. The van der Waals surface area contributed by atoms with Crippen LogP contribution in [0.5, 0.6) is 0 Å². The Balaban J connectivity index is 2.30. The lowest BCUT2D eigenvalue weighted by atomic mass is 10.3. The molecule has 3 N–H and O–H groups in total. The summed E-state index contributed by atoms with van der Waals surface area (Å²) in [4.78, 5) is 0. The van der Waals surface area contributed by atoms with Crippen molar-refractivity contribution in [1.82, 2.24) is 9.78 Å². The number of nitrogens with one attached hydrogen (secondary N) is 1. The molecule has 6 heteroatoms. The van der Waals surface area contributed by atoms with Gasteiger partial charge < -0.3 is 11.1 Å². The van der Waals surface area contributed by atoms with E-state index in [1.807, 2.05) is 0 Å². The zero-order chi connectivity index (χ0) is 11.7. The molecule has 1 heterocycles.